The van der Waals surface area contributed by atoms with Gasteiger partial charge in [0.2, 0.25) is 0 Å². The molecular weight excluding hydrogens is 201 g/mol. The maximum atomic E-state index is 13.5. The van der Waals surface area contributed by atoms with Crippen LogP contribution in [0.3, 0.4) is 0 Å². The van der Waals surface area contributed by atoms with Crippen LogP contribution in [0.1, 0.15) is 37.4 Å². The van der Waals surface area contributed by atoms with Crippen LogP contribution in [-0.4, -0.2) is 6.54 Å². The van der Waals surface area contributed by atoms with E-state index in [4.69, 9.17) is 0 Å². The van der Waals surface area contributed by atoms with Gasteiger partial charge in [0, 0.05) is 6.04 Å². The molecule has 0 fully saturated rings. The van der Waals surface area contributed by atoms with Gasteiger partial charge in [0.1, 0.15) is 5.82 Å². The van der Waals surface area contributed by atoms with E-state index in [9.17, 15) is 4.39 Å². The maximum Gasteiger partial charge on any atom is 0.126 e. The van der Waals surface area contributed by atoms with Crippen LogP contribution in [-0.2, 0) is 0 Å². The van der Waals surface area contributed by atoms with Gasteiger partial charge in [0.25, 0.3) is 0 Å². The molecule has 0 aliphatic heterocycles. The zero-order valence-corrected chi connectivity index (χ0v) is 10.3. The van der Waals surface area contributed by atoms with Gasteiger partial charge in [-0.2, -0.15) is 0 Å². The molecule has 0 amide bonds. The van der Waals surface area contributed by atoms with Crippen molar-refractivity contribution in [3.63, 3.8) is 0 Å². The van der Waals surface area contributed by atoms with Gasteiger partial charge in [-0.1, -0.05) is 24.6 Å². The Morgan fingerprint density at radius 1 is 1.50 bits per heavy atom. The molecule has 1 atom stereocenters. The van der Waals surface area contributed by atoms with E-state index in [1.165, 1.54) is 0 Å². The molecule has 16 heavy (non-hydrogen) atoms. The summed E-state index contributed by atoms with van der Waals surface area (Å²) in [5.74, 6) is -0.137. The molecule has 0 aromatic heterocycles. The van der Waals surface area contributed by atoms with Crippen molar-refractivity contribution >= 4 is 0 Å². The molecule has 0 aliphatic rings. The first kappa shape index (κ1) is 12.9. The van der Waals surface area contributed by atoms with Gasteiger partial charge in [-0.3, -0.25) is 0 Å². The zero-order valence-electron chi connectivity index (χ0n) is 10.3. The Morgan fingerprint density at radius 3 is 2.69 bits per heavy atom. The lowest BCUT2D eigenvalue weighted by Gasteiger charge is -2.18. The molecule has 1 N–H and O–H groups in total. The molecule has 1 aromatic carbocycles. The van der Waals surface area contributed by atoms with Gasteiger partial charge >= 0.3 is 0 Å². The predicted octanol–water partition coefficient (Wildman–Crippen LogP) is 3.75. The summed E-state index contributed by atoms with van der Waals surface area (Å²) >= 11 is 0. The molecule has 0 heterocycles. The summed E-state index contributed by atoms with van der Waals surface area (Å²) in [5.41, 5.74) is 2.79. The number of hydrogen-bond acceptors (Lipinski definition) is 1. The van der Waals surface area contributed by atoms with E-state index in [1.807, 2.05) is 19.1 Å². The van der Waals surface area contributed by atoms with Gasteiger partial charge in [-0.05, 0) is 44.0 Å². The lowest BCUT2D eigenvalue weighted by atomic mass is 9.99. The summed E-state index contributed by atoms with van der Waals surface area (Å²) in [4.78, 5) is 0. The van der Waals surface area contributed by atoms with Gasteiger partial charge in [-0.15, -0.1) is 6.58 Å². The van der Waals surface area contributed by atoms with Crippen LogP contribution >= 0.6 is 0 Å². The zero-order chi connectivity index (χ0) is 12.1. The van der Waals surface area contributed by atoms with Crippen molar-refractivity contribution in [2.75, 3.05) is 6.54 Å². The second-order valence-electron chi connectivity index (χ2n) is 4.28. The van der Waals surface area contributed by atoms with Crippen LogP contribution in [0.2, 0.25) is 0 Å². The summed E-state index contributed by atoms with van der Waals surface area (Å²) in [6, 6.07) is 5.59. The third-order valence-electron chi connectivity index (χ3n) is 2.60. The number of halogens is 1. The summed E-state index contributed by atoms with van der Waals surface area (Å²) in [6.07, 6.45) is 0.844. The average molecular weight is 221 g/mol. The Kier molecular flexibility index (Phi) is 4.69. The molecule has 1 nitrogen and oxygen atoms in total. The van der Waals surface area contributed by atoms with E-state index in [0.717, 1.165) is 24.1 Å². The minimum Gasteiger partial charge on any atom is -0.310 e. The van der Waals surface area contributed by atoms with Crippen molar-refractivity contribution in [1.82, 2.24) is 5.32 Å². The summed E-state index contributed by atoms with van der Waals surface area (Å²) < 4.78 is 13.5. The quantitative estimate of drug-likeness (QED) is 0.747. The second-order valence-corrected chi connectivity index (χ2v) is 4.28. The largest absolute Gasteiger partial charge is 0.310 e. The van der Waals surface area contributed by atoms with Crippen molar-refractivity contribution in [2.45, 2.75) is 33.2 Å². The average Bonchev–Trinajstić information content (AvgIpc) is 2.21. The van der Waals surface area contributed by atoms with Gasteiger partial charge < -0.3 is 5.32 Å². The maximum absolute atomic E-state index is 13.5. The van der Waals surface area contributed by atoms with Crippen LogP contribution in [0, 0.1) is 12.7 Å². The standard InChI is InChI=1S/C14H20FN/c1-5-16-14(8-10(2)3)12-7-6-11(4)13(15)9-12/h6-7,9,14,16H,2,5,8H2,1,3-4H3. The van der Waals surface area contributed by atoms with Crippen LogP contribution in [0.25, 0.3) is 0 Å². The highest BCUT2D eigenvalue weighted by Crippen LogP contribution is 2.22. The normalized spacial score (nSPS) is 12.5. The van der Waals surface area contributed by atoms with Gasteiger partial charge in [0.15, 0.2) is 0 Å². The molecule has 0 saturated carbocycles. The smallest absolute Gasteiger partial charge is 0.126 e. The monoisotopic (exact) mass is 221 g/mol. The van der Waals surface area contributed by atoms with Crippen molar-refractivity contribution in [3.8, 4) is 0 Å². The highest BCUT2D eigenvalue weighted by molar-refractivity contribution is 5.26. The minimum absolute atomic E-state index is 0.137. The third kappa shape index (κ3) is 3.46. The summed E-state index contributed by atoms with van der Waals surface area (Å²) in [7, 11) is 0. The molecule has 1 aromatic rings. The lowest BCUT2D eigenvalue weighted by Crippen LogP contribution is -2.21. The Balaban J connectivity index is 2.91. The molecule has 1 unspecified atom stereocenters. The highest BCUT2D eigenvalue weighted by Gasteiger charge is 2.11. The van der Waals surface area contributed by atoms with Crippen LogP contribution < -0.4 is 5.32 Å². The minimum atomic E-state index is -0.137. The van der Waals surface area contributed by atoms with Crippen molar-refractivity contribution in [1.29, 1.82) is 0 Å². The fraction of sp³-hybridized carbons (Fsp3) is 0.429. The van der Waals surface area contributed by atoms with E-state index >= 15 is 0 Å². The first-order valence-electron chi connectivity index (χ1n) is 5.68. The Hall–Kier alpha value is -1.15. The van der Waals surface area contributed by atoms with Crippen molar-refractivity contribution in [2.24, 2.45) is 0 Å². The first-order chi connectivity index (χ1) is 7.54. The molecule has 2 heteroatoms. The number of aryl methyl sites for hydroxylation is 1. The topological polar surface area (TPSA) is 12.0 Å². The molecule has 1 rings (SSSR count). The van der Waals surface area contributed by atoms with E-state index in [0.29, 0.717) is 5.56 Å². The number of hydrogen-bond donors (Lipinski definition) is 1. The van der Waals surface area contributed by atoms with Crippen molar-refractivity contribution < 1.29 is 4.39 Å². The number of benzene rings is 1. The number of nitrogens with one attached hydrogen (secondary N) is 1. The third-order valence-corrected chi connectivity index (χ3v) is 2.60. The predicted molar refractivity (Wildman–Crippen MR) is 67.0 cm³/mol. The van der Waals surface area contributed by atoms with E-state index in [1.54, 1.807) is 13.0 Å². The van der Waals surface area contributed by atoms with Crippen LogP contribution in [0.5, 0.6) is 0 Å². The summed E-state index contributed by atoms with van der Waals surface area (Å²) in [6.45, 7) is 10.6. The van der Waals surface area contributed by atoms with E-state index in [2.05, 4.69) is 18.8 Å². The van der Waals surface area contributed by atoms with Crippen molar-refractivity contribution in [3.05, 3.63) is 47.3 Å². The molecule has 0 spiro atoms. The molecular formula is C14H20FN. The SMILES string of the molecule is C=C(C)CC(NCC)c1ccc(C)c(F)c1. The first-order valence-corrected chi connectivity index (χ1v) is 5.68. The highest BCUT2D eigenvalue weighted by atomic mass is 19.1. The second kappa shape index (κ2) is 5.80. The van der Waals surface area contributed by atoms with Crippen LogP contribution in [0.4, 0.5) is 4.39 Å². The Bertz CT molecular complexity index is 371. The summed E-state index contributed by atoms with van der Waals surface area (Å²) in [5, 5.41) is 3.35. The molecule has 0 radical (unpaired) electrons. The Labute approximate surface area is 97.4 Å². The molecule has 0 saturated heterocycles. The molecule has 0 aliphatic carbocycles. The van der Waals surface area contributed by atoms with E-state index in [-0.39, 0.29) is 11.9 Å². The van der Waals surface area contributed by atoms with Crippen LogP contribution in [0.15, 0.2) is 30.4 Å². The van der Waals surface area contributed by atoms with Gasteiger partial charge in [0.05, 0.1) is 0 Å². The Morgan fingerprint density at radius 2 is 2.19 bits per heavy atom. The fourth-order valence-corrected chi connectivity index (χ4v) is 1.73. The van der Waals surface area contributed by atoms with Gasteiger partial charge in [-0.25, -0.2) is 4.39 Å². The fourth-order valence-electron chi connectivity index (χ4n) is 1.73. The lowest BCUT2D eigenvalue weighted by molar-refractivity contribution is 0.540. The molecule has 0 bridgehead atoms. The molecule has 88 valence electrons. The number of rotatable bonds is 5. The van der Waals surface area contributed by atoms with E-state index < -0.39 is 0 Å².